The van der Waals surface area contributed by atoms with E-state index in [-0.39, 0.29) is 5.41 Å². The predicted molar refractivity (Wildman–Crippen MR) is 280 cm³/mol. The third-order valence-electron chi connectivity index (χ3n) is 13.3. The molecule has 0 aromatic heterocycles. The third kappa shape index (κ3) is 7.67. The van der Waals surface area contributed by atoms with Crippen LogP contribution in [0.3, 0.4) is 0 Å². The quantitative estimate of drug-likeness (QED) is 0.135. The number of hydrogen-bond donors (Lipinski definition) is 0. The molecule has 1 aliphatic rings. The molecule has 316 valence electrons. The molecule has 0 amide bonds. The third-order valence-corrected chi connectivity index (χ3v) is 13.3. The van der Waals surface area contributed by atoms with Gasteiger partial charge in [0.25, 0.3) is 0 Å². The Kier molecular flexibility index (Phi) is 10.5. The number of rotatable bonds is 10. The summed E-state index contributed by atoms with van der Waals surface area (Å²) in [5, 5.41) is 0. The number of aryl methyl sites for hydroxylation is 1. The van der Waals surface area contributed by atoms with E-state index in [0.717, 1.165) is 34.1 Å². The smallest absolute Gasteiger partial charge is 0.0465 e. The lowest BCUT2D eigenvalue weighted by molar-refractivity contribution is 0.660. The van der Waals surface area contributed by atoms with Gasteiger partial charge in [-0.15, -0.1) is 0 Å². The van der Waals surface area contributed by atoms with Crippen LogP contribution >= 0.6 is 0 Å². The summed E-state index contributed by atoms with van der Waals surface area (Å²) in [6, 6.07) is 90.6. The van der Waals surface area contributed by atoms with Crippen molar-refractivity contribution in [1.82, 2.24) is 0 Å². The first kappa shape index (κ1) is 40.6. The van der Waals surface area contributed by atoms with Crippen LogP contribution in [0.25, 0.3) is 55.6 Å². The summed E-state index contributed by atoms with van der Waals surface area (Å²) in [7, 11) is 0. The van der Waals surface area contributed by atoms with Gasteiger partial charge in [-0.3, -0.25) is 0 Å². The molecule has 0 aliphatic heterocycles. The fraction of sp³-hybridized carbons (Fsp3) is 0.0625. The molecule has 10 aromatic rings. The zero-order valence-electron chi connectivity index (χ0n) is 37.6. The van der Waals surface area contributed by atoms with E-state index in [2.05, 4.69) is 279 Å². The molecule has 2 heteroatoms. The van der Waals surface area contributed by atoms with E-state index in [1.165, 1.54) is 72.3 Å². The Bertz CT molecular complexity index is 3280. The number of fused-ring (bicyclic) bond motifs is 3. The molecule has 10 aromatic carbocycles. The lowest BCUT2D eigenvalue weighted by Crippen LogP contribution is -2.17. The van der Waals surface area contributed by atoms with Gasteiger partial charge in [-0.05, 0) is 153 Å². The van der Waals surface area contributed by atoms with Gasteiger partial charge in [0.2, 0.25) is 0 Å². The molecular formula is C64H50N2. The summed E-state index contributed by atoms with van der Waals surface area (Å²) in [6.07, 6.45) is 0. The average Bonchev–Trinajstić information content (AvgIpc) is 3.60. The highest BCUT2D eigenvalue weighted by Gasteiger charge is 2.37. The van der Waals surface area contributed by atoms with Crippen LogP contribution in [-0.4, -0.2) is 0 Å². The van der Waals surface area contributed by atoms with Crippen molar-refractivity contribution in [3.63, 3.8) is 0 Å². The van der Waals surface area contributed by atoms with E-state index in [4.69, 9.17) is 0 Å². The summed E-state index contributed by atoms with van der Waals surface area (Å²) in [6.45, 7) is 6.91. The standard InChI is InChI=1S/C64H50N2/c1-45-22-32-55(33-23-45)66(57-36-30-51(31-37-57)53-19-13-18-52(42-53)47-16-9-5-10-17-47)59-39-41-61-60-40-38-58(43-62(60)64(2,3)63(61)44-59)65(54-20-11-6-12-21-54)56-34-28-50(29-35-56)49-26-24-48(25-27-49)46-14-7-4-8-15-46/h4-44H,1-3H3. The van der Waals surface area contributed by atoms with Gasteiger partial charge in [0.05, 0.1) is 0 Å². The number of para-hydroxylation sites is 1. The minimum Gasteiger partial charge on any atom is -0.310 e. The molecule has 0 heterocycles. The fourth-order valence-corrected chi connectivity index (χ4v) is 9.76. The lowest BCUT2D eigenvalue weighted by atomic mass is 9.82. The van der Waals surface area contributed by atoms with E-state index in [1.807, 2.05) is 0 Å². The van der Waals surface area contributed by atoms with E-state index in [1.54, 1.807) is 0 Å². The van der Waals surface area contributed by atoms with Gasteiger partial charge in [0, 0.05) is 39.5 Å². The molecular weight excluding hydrogens is 797 g/mol. The number of hydrogen-bond acceptors (Lipinski definition) is 2. The molecule has 0 radical (unpaired) electrons. The maximum Gasteiger partial charge on any atom is 0.0465 e. The lowest BCUT2D eigenvalue weighted by Gasteiger charge is -2.29. The van der Waals surface area contributed by atoms with Crippen LogP contribution in [0.2, 0.25) is 0 Å². The highest BCUT2D eigenvalue weighted by Crippen LogP contribution is 2.52. The Morgan fingerprint density at radius 3 is 1.00 bits per heavy atom. The minimum absolute atomic E-state index is 0.249. The van der Waals surface area contributed by atoms with Crippen LogP contribution in [0.1, 0.15) is 30.5 Å². The number of nitrogens with zero attached hydrogens (tertiary/aromatic N) is 2. The van der Waals surface area contributed by atoms with Gasteiger partial charge in [-0.2, -0.15) is 0 Å². The maximum atomic E-state index is 2.42. The molecule has 0 spiro atoms. The molecule has 66 heavy (non-hydrogen) atoms. The summed E-state index contributed by atoms with van der Waals surface area (Å²) in [5.74, 6) is 0. The Hall–Kier alpha value is -8.20. The predicted octanol–water partition coefficient (Wildman–Crippen LogP) is 17.9. The van der Waals surface area contributed by atoms with Crippen molar-refractivity contribution in [2.24, 2.45) is 0 Å². The Balaban J connectivity index is 0.919. The van der Waals surface area contributed by atoms with Gasteiger partial charge in [0.15, 0.2) is 0 Å². The van der Waals surface area contributed by atoms with Crippen molar-refractivity contribution >= 4 is 34.1 Å². The first-order valence-corrected chi connectivity index (χ1v) is 22.9. The summed E-state index contributed by atoms with van der Waals surface area (Å²) < 4.78 is 0. The van der Waals surface area contributed by atoms with Crippen LogP contribution < -0.4 is 9.80 Å². The van der Waals surface area contributed by atoms with Crippen molar-refractivity contribution in [2.45, 2.75) is 26.2 Å². The number of anilines is 6. The van der Waals surface area contributed by atoms with Gasteiger partial charge in [-0.1, -0.05) is 189 Å². The van der Waals surface area contributed by atoms with Crippen molar-refractivity contribution in [3.05, 3.63) is 265 Å². The van der Waals surface area contributed by atoms with Crippen LogP contribution in [0.4, 0.5) is 34.1 Å². The number of benzene rings is 10. The van der Waals surface area contributed by atoms with Crippen molar-refractivity contribution in [1.29, 1.82) is 0 Å². The Morgan fingerprint density at radius 1 is 0.258 bits per heavy atom. The molecule has 0 fully saturated rings. The van der Waals surface area contributed by atoms with Gasteiger partial charge in [0.1, 0.15) is 0 Å². The summed E-state index contributed by atoms with van der Waals surface area (Å²) >= 11 is 0. The molecule has 2 nitrogen and oxygen atoms in total. The zero-order chi connectivity index (χ0) is 44.6. The zero-order valence-corrected chi connectivity index (χ0v) is 37.6. The van der Waals surface area contributed by atoms with Gasteiger partial charge < -0.3 is 9.80 Å². The molecule has 0 saturated heterocycles. The minimum atomic E-state index is -0.249. The topological polar surface area (TPSA) is 6.48 Å². The fourth-order valence-electron chi connectivity index (χ4n) is 9.76. The summed E-state index contributed by atoms with van der Waals surface area (Å²) in [5.41, 5.74) is 22.7. The highest BCUT2D eigenvalue weighted by molar-refractivity contribution is 5.89. The van der Waals surface area contributed by atoms with Crippen molar-refractivity contribution in [3.8, 4) is 55.6 Å². The second-order valence-corrected chi connectivity index (χ2v) is 17.9. The highest BCUT2D eigenvalue weighted by atomic mass is 15.1. The molecule has 0 saturated carbocycles. The SMILES string of the molecule is Cc1ccc(N(c2ccc(-c3cccc(-c4ccccc4)c3)cc2)c2ccc3c(c2)C(C)(C)c2cc(N(c4ccccc4)c4ccc(-c5ccc(-c6ccccc6)cc5)cc4)ccc2-3)cc1. The van der Waals surface area contributed by atoms with Gasteiger partial charge in [-0.25, -0.2) is 0 Å². The first-order chi connectivity index (χ1) is 32.4. The second kappa shape index (κ2) is 17.1. The second-order valence-electron chi connectivity index (χ2n) is 17.9. The van der Waals surface area contributed by atoms with Gasteiger partial charge >= 0.3 is 0 Å². The summed E-state index contributed by atoms with van der Waals surface area (Å²) in [4.78, 5) is 4.78. The molecule has 1 aliphatic carbocycles. The van der Waals surface area contributed by atoms with E-state index < -0.39 is 0 Å². The largest absolute Gasteiger partial charge is 0.310 e. The van der Waals surface area contributed by atoms with E-state index >= 15 is 0 Å². The normalized spacial score (nSPS) is 12.3. The van der Waals surface area contributed by atoms with E-state index in [9.17, 15) is 0 Å². The van der Waals surface area contributed by atoms with Crippen LogP contribution in [0, 0.1) is 6.92 Å². The molecule has 0 atom stereocenters. The van der Waals surface area contributed by atoms with Crippen molar-refractivity contribution in [2.75, 3.05) is 9.80 Å². The monoisotopic (exact) mass is 846 g/mol. The van der Waals surface area contributed by atoms with E-state index in [0.29, 0.717) is 0 Å². The average molecular weight is 847 g/mol. The Morgan fingerprint density at radius 2 is 0.561 bits per heavy atom. The molecule has 0 N–H and O–H groups in total. The molecule has 11 rings (SSSR count). The van der Waals surface area contributed by atoms with Crippen LogP contribution in [0.15, 0.2) is 249 Å². The first-order valence-electron chi connectivity index (χ1n) is 22.9. The Labute approximate surface area is 389 Å². The van der Waals surface area contributed by atoms with Crippen LogP contribution in [0.5, 0.6) is 0 Å². The van der Waals surface area contributed by atoms with Crippen molar-refractivity contribution < 1.29 is 0 Å². The molecule has 0 bridgehead atoms. The maximum absolute atomic E-state index is 2.42. The molecule has 0 unspecified atom stereocenters. The van der Waals surface area contributed by atoms with Crippen LogP contribution in [-0.2, 0) is 5.41 Å².